The standard InChI is InChI=1S/C10H8FNO3.ClH/c1-15-9-8(10(13)14)6-4-5(11)2-3-7(6)12-9;/h2-4,12H,1H3,(H,13,14);1H. The molecule has 0 unspecified atom stereocenters. The second-order valence-corrected chi connectivity index (χ2v) is 3.03. The molecule has 0 aliphatic heterocycles. The predicted molar refractivity (Wildman–Crippen MR) is 59.0 cm³/mol. The normalized spacial score (nSPS) is 9.88. The summed E-state index contributed by atoms with van der Waals surface area (Å²) in [6.45, 7) is 0. The lowest BCUT2D eigenvalue weighted by Crippen LogP contribution is -1.98. The second-order valence-electron chi connectivity index (χ2n) is 3.03. The van der Waals surface area contributed by atoms with E-state index >= 15 is 0 Å². The monoisotopic (exact) mass is 245 g/mol. The van der Waals surface area contributed by atoms with Crippen LogP contribution < -0.4 is 4.74 Å². The molecular weight excluding hydrogens is 237 g/mol. The summed E-state index contributed by atoms with van der Waals surface area (Å²) in [6, 6.07) is 3.89. The van der Waals surface area contributed by atoms with E-state index in [0.717, 1.165) is 6.07 Å². The van der Waals surface area contributed by atoms with Crippen LogP contribution in [0.15, 0.2) is 18.2 Å². The van der Waals surface area contributed by atoms with Crippen LogP contribution in [0.5, 0.6) is 5.88 Å². The number of hydrogen-bond donors (Lipinski definition) is 2. The van der Waals surface area contributed by atoms with E-state index in [-0.39, 0.29) is 23.9 Å². The van der Waals surface area contributed by atoms with Crippen LogP contribution in [0.3, 0.4) is 0 Å². The first-order valence-corrected chi connectivity index (χ1v) is 4.22. The number of H-pyrrole nitrogens is 1. The average Bonchev–Trinajstić information content (AvgIpc) is 2.55. The molecule has 0 radical (unpaired) electrons. The largest absolute Gasteiger partial charge is 0.482 e. The number of carboxylic acid groups (broad SMARTS) is 1. The molecule has 2 N–H and O–H groups in total. The highest BCUT2D eigenvalue weighted by molar-refractivity contribution is 6.06. The number of hydrogen-bond acceptors (Lipinski definition) is 2. The van der Waals surface area contributed by atoms with Gasteiger partial charge >= 0.3 is 5.97 Å². The number of rotatable bonds is 2. The molecule has 2 aromatic rings. The molecule has 1 aromatic heterocycles. The fraction of sp³-hybridized carbons (Fsp3) is 0.100. The van der Waals surface area contributed by atoms with E-state index in [9.17, 15) is 9.18 Å². The Hall–Kier alpha value is -1.75. The van der Waals surface area contributed by atoms with Crippen LogP contribution in [-0.2, 0) is 0 Å². The fourth-order valence-corrected chi connectivity index (χ4v) is 1.50. The molecule has 0 spiro atoms. The lowest BCUT2D eigenvalue weighted by molar-refractivity contribution is 0.0695. The zero-order valence-corrected chi connectivity index (χ0v) is 9.10. The molecule has 0 saturated carbocycles. The van der Waals surface area contributed by atoms with E-state index in [1.165, 1.54) is 19.2 Å². The summed E-state index contributed by atoms with van der Waals surface area (Å²) >= 11 is 0. The molecule has 0 fully saturated rings. The molecule has 0 saturated heterocycles. The Labute approximate surface area is 96.4 Å². The molecular formula is C10H9ClFNO3. The van der Waals surface area contributed by atoms with Gasteiger partial charge in [0.1, 0.15) is 11.4 Å². The van der Waals surface area contributed by atoms with Gasteiger partial charge in [-0.2, -0.15) is 0 Å². The fourth-order valence-electron chi connectivity index (χ4n) is 1.50. The van der Waals surface area contributed by atoms with Gasteiger partial charge < -0.3 is 14.8 Å². The van der Waals surface area contributed by atoms with E-state index in [4.69, 9.17) is 9.84 Å². The molecule has 0 aliphatic rings. The van der Waals surface area contributed by atoms with Crippen molar-refractivity contribution in [1.29, 1.82) is 0 Å². The van der Waals surface area contributed by atoms with Crippen molar-refractivity contribution in [1.82, 2.24) is 4.98 Å². The van der Waals surface area contributed by atoms with Crippen molar-refractivity contribution < 1.29 is 19.0 Å². The topological polar surface area (TPSA) is 62.3 Å². The van der Waals surface area contributed by atoms with Gasteiger partial charge in [0, 0.05) is 10.9 Å². The van der Waals surface area contributed by atoms with Crippen molar-refractivity contribution in [3.8, 4) is 5.88 Å². The Balaban J connectivity index is 0.00000128. The summed E-state index contributed by atoms with van der Waals surface area (Å²) in [5.41, 5.74) is 0.484. The Kier molecular flexibility index (Phi) is 3.39. The predicted octanol–water partition coefficient (Wildman–Crippen LogP) is 2.44. The number of methoxy groups -OCH3 is 1. The molecule has 0 aliphatic carbocycles. The minimum atomic E-state index is -1.15. The van der Waals surface area contributed by atoms with E-state index < -0.39 is 11.8 Å². The van der Waals surface area contributed by atoms with Crippen LogP contribution in [0.1, 0.15) is 10.4 Å². The number of fused-ring (bicyclic) bond motifs is 1. The number of benzene rings is 1. The minimum absolute atomic E-state index is 0. The van der Waals surface area contributed by atoms with E-state index in [1.807, 2.05) is 0 Å². The first-order chi connectivity index (χ1) is 7.13. The zero-order valence-electron chi connectivity index (χ0n) is 8.28. The summed E-state index contributed by atoms with van der Waals surface area (Å²) in [4.78, 5) is 13.7. The summed E-state index contributed by atoms with van der Waals surface area (Å²) in [5.74, 6) is -1.50. The maximum Gasteiger partial charge on any atom is 0.341 e. The van der Waals surface area contributed by atoms with Crippen LogP contribution in [0.25, 0.3) is 10.9 Å². The van der Waals surface area contributed by atoms with Gasteiger partial charge in [0.2, 0.25) is 5.88 Å². The highest BCUT2D eigenvalue weighted by Crippen LogP contribution is 2.28. The van der Waals surface area contributed by atoms with Crippen LogP contribution in [0.2, 0.25) is 0 Å². The Morgan fingerprint density at radius 2 is 2.19 bits per heavy atom. The summed E-state index contributed by atoms with van der Waals surface area (Å²) < 4.78 is 17.8. The smallest absolute Gasteiger partial charge is 0.341 e. The van der Waals surface area contributed by atoms with Crippen LogP contribution in [-0.4, -0.2) is 23.2 Å². The summed E-state index contributed by atoms with van der Waals surface area (Å²) in [6.07, 6.45) is 0. The van der Waals surface area contributed by atoms with Gasteiger partial charge in [-0.3, -0.25) is 0 Å². The lowest BCUT2D eigenvalue weighted by Gasteiger charge is -1.96. The highest BCUT2D eigenvalue weighted by atomic mass is 35.5. The number of aromatic carboxylic acids is 1. The lowest BCUT2D eigenvalue weighted by atomic mass is 10.1. The molecule has 4 nitrogen and oxygen atoms in total. The maximum atomic E-state index is 12.9. The molecule has 86 valence electrons. The third-order valence-corrected chi connectivity index (χ3v) is 2.14. The molecule has 6 heteroatoms. The molecule has 0 atom stereocenters. The van der Waals surface area contributed by atoms with Crippen molar-refractivity contribution in [2.45, 2.75) is 0 Å². The van der Waals surface area contributed by atoms with Gasteiger partial charge in [0.15, 0.2) is 0 Å². The van der Waals surface area contributed by atoms with Gasteiger partial charge in [0.05, 0.1) is 7.11 Å². The van der Waals surface area contributed by atoms with Crippen LogP contribution in [0.4, 0.5) is 4.39 Å². The number of nitrogens with one attached hydrogen (secondary N) is 1. The summed E-state index contributed by atoms with van der Waals surface area (Å²) in [7, 11) is 1.35. The van der Waals surface area contributed by atoms with Gasteiger partial charge in [-0.05, 0) is 18.2 Å². The third-order valence-electron chi connectivity index (χ3n) is 2.14. The van der Waals surface area contributed by atoms with E-state index in [1.54, 1.807) is 0 Å². The molecule has 1 aromatic carbocycles. The van der Waals surface area contributed by atoms with Crippen molar-refractivity contribution in [2.24, 2.45) is 0 Å². The second kappa shape index (κ2) is 4.40. The van der Waals surface area contributed by atoms with Crippen molar-refractivity contribution in [3.63, 3.8) is 0 Å². The highest BCUT2D eigenvalue weighted by Gasteiger charge is 2.18. The van der Waals surface area contributed by atoms with Crippen LogP contribution in [0, 0.1) is 5.82 Å². The Morgan fingerprint density at radius 3 is 2.75 bits per heavy atom. The van der Waals surface area contributed by atoms with E-state index in [2.05, 4.69) is 4.98 Å². The zero-order chi connectivity index (χ0) is 11.0. The van der Waals surface area contributed by atoms with Gasteiger partial charge in [-0.15, -0.1) is 12.4 Å². The van der Waals surface area contributed by atoms with Crippen molar-refractivity contribution >= 4 is 29.3 Å². The van der Waals surface area contributed by atoms with Crippen molar-refractivity contribution in [2.75, 3.05) is 7.11 Å². The van der Waals surface area contributed by atoms with Crippen molar-refractivity contribution in [3.05, 3.63) is 29.6 Å². The SMILES string of the molecule is COc1[nH]c2ccc(F)cc2c1C(=O)O.Cl. The summed E-state index contributed by atoms with van der Waals surface area (Å²) in [5, 5.41) is 9.26. The third kappa shape index (κ3) is 1.81. The number of halogens is 2. The number of aromatic nitrogens is 1. The molecule has 16 heavy (non-hydrogen) atoms. The number of carboxylic acids is 1. The number of aromatic amines is 1. The average molecular weight is 246 g/mol. The number of ether oxygens (including phenoxy) is 1. The Bertz CT molecular complexity index is 538. The minimum Gasteiger partial charge on any atom is -0.482 e. The maximum absolute atomic E-state index is 12.9. The van der Waals surface area contributed by atoms with Gasteiger partial charge in [-0.25, -0.2) is 9.18 Å². The van der Waals surface area contributed by atoms with Gasteiger partial charge in [-0.1, -0.05) is 0 Å². The molecule has 1 heterocycles. The first kappa shape index (κ1) is 12.3. The number of carbonyl (C=O) groups is 1. The molecule has 0 amide bonds. The molecule has 2 rings (SSSR count). The quantitative estimate of drug-likeness (QED) is 0.854. The van der Waals surface area contributed by atoms with Gasteiger partial charge in [0.25, 0.3) is 0 Å². The molecule has 0 bridgehead atoms. The first-order valence-electron chi connectivity index (χ1n) is 4.22. The van der Waals surface area contributed by atoms with E-state index in [0.29, 0.717) is 10.9 Å². The van der Waals surface area contributed by atoms with Crippen LogP contribution >= 0.6 is 12.4 Å². The Morgan fingerprint density at radius 1 is 1.50 bits per heavy atom.